The van der Waals surface area contributed by atoms with Crippen LogP contribution >= 0.6 is 0 Å². The summed E-state index contributed by atoms with van der Waals surface area (Å²) in [6.45, 7) is 3.48. The predicted octanol–water partition coefficient (Wildman–Crippen LogP) is 0.940. The lowest BCUT2D eigenvalue weighted by atomic mass is 10.3. The van der Waals surface area contributed by atoms with Gasteiger partial charge in [0.2, 0.25) is 0 Å². The van der Waals surface area contributed by atoms with E-state index in [2.05, 4.69) is 10.3 Å². The summed E-state index contributed by atoms with van der Waals surface area (Å²) in [5, 5.41) is 3.21. The Morgan fingerprint density at radius 3 is 3.00 bits per heavy atom. The van der Waals surface area contributed by atoms with Crippen molar-refractivity contribution >= 4 is 10.8 Å². The summed E-state index contributed by atoms with van der Waals surface area (Å²) in [5.41, 5.74) is 1.02. The molecule has 1 aromatic rings. The third kappa shape index (κ3) is 4.48. The molecule has 1 heterocycles. The molecular weight excluding hydrogens is 196 g/mol. The minimum Gasteiger partial charge on any atom is -0.310 e. The average Bonchev–Trinajstić information content (AvgIpc) is 2.25. The van der Waals surface area contributed by atoms with E-state index < -0.39 is 10.8 Å². The molecule has 1 N–H and O–H groups in total. The second-order valence-electron chi connectivity index (χ2n) is 2.93. The maximum Gasteiger partial charge on any atom is 0.0541 e. The number of aromatic nitrogens is 1. The second kappa shape index (κ2) is 6.68. The van der Waals surface area contributed by atoms with Gasteiger partial charge in [-0.3, -0.25) is 9.19 Å². The summed E-state index contributed by atoms with van der Waals surface area (Å²) < 4.78 is 11.1. The third-order valence-electron chi connectivity index (χ3n) is 1.86. The first-order valence-corrected chi connectivity index (χ1v) is 6.27. The first kappa shape index (κ1) is 11.3. The summed E-state index contributed by atoms with van der Waals surface area (Å²) in [6.07, 6.45) is 1.78. The van der Waals surface area contributed by atoms with Gasteiger partial charge in [0.1, 0.15) is 0 Å². The lowest BCUT2D eigenvalue weighted by Gasteiger charge is -2.02. The molecule has 3 nitrogen and oxygen atoms in total. The van der Waals surface area contributed by atoms with E-state index in [9.17, 15) is 4.21 Å². The van der Waals surface area contributed by atoms with E-state index in [1.807, 2.05) is 25.1 Å². The van der Waals surface area contributed by atoms with Crippen LogP contribution in [0, 0.1) is 0 Å². The van der Waals surface area contributed by atoms with Gasteiger partial charge in [-0.25, -0.2) is 0 Å². The summed E-state index contributed by atoms with van der Waals surface area (Å²) in [7, 11) is -0.668. The fourth-order valence-corrected chi connectivity index (χ4v) is 1.71. The van der Waals surface area contributed by atoms with Crippen molar-refractivity contribution in [2.45, 2.75) is 13.5 Å². The van der Waals surface area contributed by atoms with Crippen LogP contribution in [0.2, 0.25) is 0 Å². The number of hydrogen-bond acceptors (Lipinski definition) is 3. The highest BCUT2D eigenvalue weighted by Gasteiger charge is 1.95. The van der Waals surface area contributed by atoms with Crippen molar-refractivity contribution in [3.8, 4) is 0 Å². The van der Waals surface area contributed by atoms with Crippen LogP contribution in [0.3, 0.4) is 0 Å². The van der Waals surface area contributed by atoms with Gasteiger partial charge < -0.3 is 5.32 Å². The van der Waals surface area contributed by atoms with Crippen molar-refractivity contribution in [3.05, 3.63) is 30.1 Å². The maximum absolute atomic E-state index is 11.1. The van der Waals surface area contributed by atoms with Gasteiger partial charge in [0.05, 0.1) is 5.69 Å². The van der Waals surface area contributed by atoms with Crippen molar-refractivity contribution in [2.75, 3.05) is 18.1 Å². The first-order valence-electron chi connectivity index (χ1n) is 4.78. The predicted molar refractivity (Wildman–Crippen MR) is 59.5 cm³/mol. The SMILES string of the molecule is CCS(=O)CCNCc1ccccn1. The van der Waals surface area contributed by atoms with E-state index in [1.54, 1.807) is 6.20 Å². The molecule has 0 fully saturated rings. The van der Waals surface area contributed by atoms with Gasteiger partial charge in [0, 0.05) is 41.6 Å². The van der Waals surface area contributed by atoms with Crippen molar-refractivity contribution in [2.24, 2.45) is 0 Å². The second-order valence-corrected chi connectivity index (χ2v) is 4.80. The molecule has 0 aliphatic rings. The molecule has 1 rings (SSSR count). The van der Waals surface area contributed by atoms with Crippen molar-refractivity contribution < 1.29 is 4.21 Å². The van der Waals surface area contributed by atoms with E-state index in [-0.39, 0.29) is 0 Å². The minimum absolute atomic E-state index is 0.668. The molecule has 0 aliphatic carbocycles. The zero-order valence-corrected chi connectivity index (χ0v) is 9.22. The number of pyridine rings is 1. The summed E-state index contributed by atoms with van der Waals surface area (Å²) in [5.74, 6) is 1.47. The quantitative estimate of drug-likeness (QED) is 0.714. The molecule has 1 atom stereocenters. The van der Waals surface area contributed by atoms with Gasteiger partial charge in [-0.1, -0.05) is 13.0 Å². The van der Waals surface area contributed by atoms with Crippen molar-refractivity contribution in [1.82, 2.24) is 10.3 Å². The third-order valence-corrected chi connectivity index (χ3v) is 3.16. The van der Waals surface area contributed by atoms with E-state index in [4.69, 9.17) is 0 Å². The van der Waals surface area contributed by atoms with Crippen LogP contribution in [0.4, 0.5) is 0 Å². The lowest BCUT2D eigenvalue weighted by Crippen LogP contribution is -2.21. The molecule has 1 unspecified atom stereocenters. The van der Waals surface area contributed by atoms with E-state index >= 15 is 0 Å². The van der Waals surface area contributed by atoms with Crippen LogP contribution in [-0.4, -0.2) is 27.2 Å². The van der Waals surface area contributed by atoms with E-state index in [1.165, 1.54) is 0 Å². The molecule has 0 saturated heterocycles. The average molecular weight is 212 g/mol. The number of nitrogens with one attached hydrogen (secondary N) is 1. The van der Waals surface area contributed by atoms with Gasteiger partial charge in [-0.2, -0.15) is 0 Å². The summed E-state index contributed by atoms with van der Waals surface area (Å²) in [6, 6.07) is 5.84. The minimum atomic E-state index is -0.668. The zero-order chi connectivity index (χ0) is 10.2. The smallest absolute Gasteiger partial charge is 0.0541 e. The molecule has 0 saturated carbocycles. The van der Waals surface area contributed by atoms with Gasteiger partial charge in [-0.15, -0.1) is 0 Å². The Kier molecular flexibility index (Phi) is 5.40. The molecule has 0 bridgehead atoms. The molecule has 0 spiro atoms. The Labute approximate surface area is 87.4 Å². The van der Waals surface area contributed by atoms with Crippen molar-refractivity contribution in [1.29, 1.82) is 0 Å². The van der Waals surface area contributed by atoms with E-state index in [0.717, 1.165) is 30.3 Å². The molecule has 0 amide bonds. The van der Waals surface area contributed by atoms with Crippen LogP contribution in [0.5, 0.6) is 0 Å². The Morgan fingerprint density at radius 2 is 2.36 bits per heavy atom. The van der Waals surface area contributed by atoms with E-state index in [0.29, 0.717) is 0 Å². The standard InChI is InChI=1S/C10H16N2OS/c1-2-14(13)8-7-11-9-10-5-3-4-6-12-10/h3-6,11H,2,7-9H2,1H3. The molecule has 0 aromatic carbocycles. The lowest BCUT2D eigenvalue weighted by molar-refractivity contribution is 0.671. The Bertz CT molecular complexity index is 277. The van der Waals surface area contributed by atoms with Gasteiger partial charge in [0.15, 0.2) is 0 Å². The summed E-state index contributed by atoms with van der Waals surface area (Å²) >= 11 is 0. The molecular formula is C10H16N2OS. The van der Waals surface area contributed by atoms with Gasteiger partial charge in [0.25, 0.3) is 0 Å². The maximum atomic E-state index is 11.1. The first-order chi connectivity index (χ1) is 6.83. The van der Waals surface area contributed by atoms with Crippen LogP contribution in [0.15, 0.2) is 24.4 Å². The fourth-order valence-electron chi connectivity index (χ4n) is 1.05. The van der Waals surface area contributed by atoms with Crippen LogP contribution in [0.1, 0.15) is 12.6 Å². The highest BCUT2D eigenvalue weighted by molar-refractivity contribution is 7.84. The topological polar surface area (TPSA) is 42.0 Å². The number of nitrogens with zero attached hydrogens (tertiary/aromatic N) is 1. The fraction of sp³-hybridized carbons (Fsp3) is 0.500. The largest absolute Gasteiger partial charge is 0.310 e. The van der Waals surface area contributed by atoms with Gasteiger partial charge in [-0.05, 0) is 12.1 Å². The van der Waals surface area contributed by atoms with Crippen LogP contribution in [-0.2, 0) is 17.3 Å². The van der Waals surface area contributed by atoms with Crippen molar-refractivity contribution in [3.63, 3.8) is 0 Å². The monoisotopic (exact) mass is 212 g/mol. The van der Waals surface area contributed by atoms with Crippen LogP contribution in [0.25, 0.3) is 0 Å². The van der Waals surface area contributed by atoms with Crippen LogP contribution < -0.4 is 5.32 Å². The highest BCUT2D eigenvalue weighted by atomic mass is 32.2. The van der Waals surface area contributed by atoms with Gasteiger partial charge >= 0.3 is 0 Å². The summed E-state index contributed by atoms with van der Waals surface area (Å²) in [4.78, 5) is 4.18. The molecule has 1 aromatic heterocycles. The molecule has 0 radical (unpaired) electrons. The molecule has 4 heteroatoms. The Morgan fingerprint density at radius 1 is 1.50 bits per heavy atom. The number of rotatable bonds is 6. The Balaban J connectivity index is 2.13. The Hall–Kier alpha value is -0.740. The molecule has 0 aliphatic heterocycles. The molecule has 78 valence electrons. The number of hydrogen-bond donors (Lipinski definition) is 1. The highest BCUT2D eigenvalue weighted by Crippen LogP contribution is 1.91. The normalized spacial score (nSPS) is 12.6. The molecule has 14 heavy (non-hydrogen) atoms. The zero-order valence-electron chi connectivity index (χ0n) is 8.40.